The van der Waals surface area contributed by atoms with Gasteiger partial charge in [0.15, 0.2) is 0 Å². The van der Waals surface area contributed by atoms with Gasteiger partial charge in [-0.1, -0.05) is 0 Å². The first-order valence-electron chi connectivity index (χ1n) is 9.15. The van der Waals surface area contributed by atoms with E-state index in [0.717, 1.165) is 18.7 Å². The van der Waals surface area contributed by atoms with E-state index in [9.17, 15) is 23.5 Å². The Morgan fingerprint density at radius 1 is 1.26 bits per heavy atom. The summed E-state index contributed by atoms with van der Waals surface area (Å²) in [6.45, 7) is 0.529. The normalized spacial score (nSPS) is 19.8. The zero-order valence-electron chi connectivity index (χ0n) is 14.8. The molecule has 1 saturated heterocycles. The molecule has 1 atom stereocenters. The second kappa shape index (κ2) is 6.92. The number of alkyl halides is 1. The van der Waals surface area contributed by atoms with Crippen LogP contribution in [0.1, 0.15) is 29.6 Å². The van der Waals surface area contributed by atoms with Gasteiger partial charge in [-0.25, -0.2) is 13.6 Å². The molecule has 0 amide bonds. The molecule has 0 radical (unpaired) electrons. The van der Waals surface area contributed by atoms with Gasteiger partial charge in [0.1, 0.15) is 18.1 Å². The van der Waals surface area contributed by atoms with E-state index >= 15 is 0 Å². The third-order valence-corrected chi connectivity index (χ3v) is 5.28. The molecular formula is C19H21F2N3O3. The number of hydrogen-bond donors (Lipinski definition) is 2. The van der Waals surface area contributed by atoms with Crippen molar-refractivity contribution in [1.82, 2.24) is 9.88 Å². The summed E-state index contributed by atoms with van der Waals surface area (Å²) in [6, 6.07) is 3.48. The van der Waals surface area contributed by atoms with Crippen LogP contribution < -0.4 is 15.6 Å². The van der Waals surface area contributed by atoms with Crippen molar-refractivity contribution in [3.05, 3.63) is 39.9 Å². The number of hydrogen-bond acceptors (Lipinski definition) is 4. The smallest absolute Gasteiger partial charge is 0.341 e. The van der Waals surface area contributed by atoms with Gasteiger partial charge in [-0.2, -0.15) is 0 Å². The first-order valence-corrected chi connectivity index (χ1v) is 9.15. The minimum Gasteiger partial charge on any atom is -0.477 e. The van der Waals surface area contributed by atoms with Crippen molar-refractivity contribution in [3.63, 3.8) is 0 Å². The maximum atomic E-state index is 14.8. The SMILES string of the molecule is O=C(O)c1cn(CCF)c2cc(N3CCC(NC4CC4)C3)c(F)cc2c1=O. The maximum Gasteiger partial charge on any atom is 0.341 e. The fraction of sp³-hybridized carbons (Fsp3) is 0.474. The predicted molar refractivity (Wildman–Crippen MR) is 97.9 cm³/mol. The molecule has 1 saturated carbocycles. The highest BCUT2D eigenvalue weighted by Crippen LogP contribution is 2.29. The number of carboxylic acids is 1. The molecule has 1 aromatic heterocycles. The van der Waals surface area contributed by atoms with E-state index in [0.29, 0.717) is 36.4 Å². The van der Waals surface area contributed by atoms with Gasteiger partial charge in [0.2, 0.25) is 5.43 Å². The molecule has 144 valence electrons. The molecule has 4 rings (SSSR count). The lowest BCUT2D eigenvalue weighted by Gasteiger charge is -2.21. The fourth-order valence-electron chi connectivity index (χ4n) is 3.77. The summed E-state index contributed by atoms with van der Waals surface area (Å²) in [5, 5.41) is 12.7. The Bertz CT molecular complexity index is 955. The summed E-state index contributed by atoms with van der Waals surface area (Å²) >= 11 is 0. The van der Waals surface area contributed by atoms with E-state index in [1.807, 2.05) is 4.90 Å². The third-order valence-electron chi connectivity index (χ3n) is 5.28. The largest absolute Gasteiger partial charge is 0.477 e. The first-order chi connectivity index (χ1) is 13.0. The highest BCUT2D eigenvalue weighted by Gasteiger charge is 2.30. The molecule has 2 fully saturated rings. The van der Waals surface area contributed by atoms with E-state index in [1.54, 1.807) is 0 Å². The molecule has 1 aliphatic heterocycles. The van der Waals surface area contributed by atoms with Crippen molar-refractivity contribution in [2.24, 2.45) is 0 Å². The monoisotopic (exact) mass is 377 g/mol. The molecule has 2 aliphatic rings. The summed E-state index contributed by atoms with van der Waals surface area (Å²) in [5.41, 5.74) is -0.541. The van der Waals surface area contributed by atoms with Crippen molar-refractivity contribution < 1.29 is 18.7 Å². The molecule has 8 heteroatoms. The van der Waals surface area contributed by atoms with E-state index in [1.165, 1.54) is 23.5 Å². The Morgan fingerprint density at radius 2 is 2.04 bits per heavy atom. The van der Waals surface area contributed by atoms with Crippen LogP contribution in [-0.4, -0.2) is 47.5 Å². The lowest BCUT2D eigenvalue weighted by atomic mass is 10.1. The predicted octanol–water partition coefficient (Wildman–Crippen LogP) is 2.14. The number of pyridine rings is 1. The van der Waals surface area contributed by atoms with Crippen LogP contribution in [0.4, 0.5) is 14.5 Å². The Hall–Kier alpha value is -2.48. The maximum absolute atomic E-state index is 14.8. The van der Waals surface area contributed by atoms with Crippen LogP contribution in [0.5, 0.6) is 0 Å². The molecule has 6 nitrogen and oxygen atoms in total. The number of carboxylic acid groups (broad SMARTS) is 1. The first kappa shape index (κ1) is 17.9. The Morgan fingerprint density at radius 3 is 2.70 bits per heavy atom. The standard InChI is InChI=1S/C19H21F2N3O3/c20-4-6-24-10-14(19(26)27)18(25)13-7-15(21)17(8-16(13)24)23-5-3-12(9-23)22-11-1-2-11/h7-8,10-12,22H,1-6,9H2,(H,26,27). The highest BCUT2D eigenvalue weighted by atomic mass is 19.1. The van der Waals surface area contributed by atoms with Gasteiger partial charge < -0.3 is 19.9 Å². The number of nitrogens with one attached hydrogen (secondary N) is 1. The molecule has 2 N–H and O–H groups in total. The molecular weight excluding hydrogens is 356 g/mol. The molecule has 2 aromatic rings. The van der Waals surface area contributed by atoms with Crippen LogP contribution in [0.15, 0.2) is 23.1 Å². The van der Waals surface area contributed by atoms with Crippen LogP contribution in [0, 0.1) is 5.82 Å². The summed E-state index contributed by atoms with van der Waals surface area (Å²) < 4.78 is 29.1. The second-order valence-electron chi connectivity index (χ2n) is 7.25. The minimum atomic E-state index is -1.41. The molecule has 0 bridgehead atoms. The summed E-state index contributed by atoms with van der Waals surface area (Å²) in [4.78, 5) is 25.6. The molecule has 27 heavy (non-hydrogen) atoms. The number of nitrogens with zero attached hydrogens (tertiary/aromatic N) is 2. The number of halogens is 2. The van der Waals surface area contributed by atoms with Gasteiger partial charge in [0, 0.05) is 36.8 Å². The third kappa shape index (κ3) is 3.41. The van der Waals surface area contributed by atoms with Crippen LogP contribution >= 0.6 is 0 Å². The lowest BCUT2D eigenvalue weighted by Crippen LogP contribution is -2.34. The number of carbonyl (C=O) groups is 1. The Labute approximate surface area is 154 Å². The summed E-state index contributed by atoms with van der Waals surface area (Å²) in [7, 11) is 0. The van der Waals surface area contributed by atoms with Gasteiger partial charge >= 0.3 is 5.97 Å². The molecule has 1 aliphatic carbocycles. The number of benzene rings is 1. The van der Waals surface area contributed by atoms with Crippen LogP contribution in [0.2, 0.25) is 0 Å². The number of aryl methyl sites for hydroxylation is 1. The van der Waals surface area contributed by atoms with Gasteiger partial charge in [-0.15, -0.1) is 0 Å². The Kier molecular flexibility index (Phi) is 4.59. The fourth-order valence-corrected chi connectivity index (χ4v) is 3.77. The number of fused-ring (bicyclic) bond motifs is 1. The average Bonchev–Trinajstić information content (AvgIpc) is 3.32. The van der Waals surface area contributed by atoms with E-state index < -0.39 is 29.5 Å². The summed E-state index contributed by atoms with van der Waals surface area (Å²) in [5.74, 6) is -1.98. The number of aromatic carboxylic acids is 1. The quantitative estimate of drug-likeness (QED) is 0.807. The van der Waals surface area contributed by atoms with Gasteiger partial charge in [-0.3, -0.25) is 4.79 Å². The average molecular weight is 377 g/mol. The zero-order valence-corrected chi connectivity index (χ0v) is 14.8. The number of anilines is 1. The highest BCUT2D eigenvalue weighted by molar-refractivity contribution is 5.93. The van der Waals surface area contributed by atoms with Crippen molar-refractivity contribution in [3.8, 4) is 0 Å². The van der Waals surface area contributed by atoms with Crippen molar-refractivity contribution in [2.45, 2.75) is 37.9 Å². The molecule has 1 unspecified atom stereocenters. The molecule has 0 spiro atoms. The van der Waals surface area contributed by atoms with Crippen molar-refractivity contribution in [1.29, 1.82) is 0 Å². The lowest BCUT2D eigenvalue weighted by molar-refractivity contribution is 0.0694. The van der Waals surface area contributed by atoms with Gasteiger partial charge in [-0.05, 0) is 31.4 Å². The van der Waals surface area contributed by atoms with E-state index in [4.69, 9.17) is 0 Å². The molecule has 1 aromatic carbocycles. The Balaban J connectivity index is 1.75. The summed E-state index contributed by atoms with van der Waals surface area (Å²) in [6.07, 6.45) is 4.41. The number of rotatable bonds is 6. The van der Waals surface area contributed by atoms with Crippen LogP contribution in [0.3, 0.4) is 0 Å². The second-order valence-corrected chi connectivity index (χ2v) is 7.25. The van der Waals surface area contributed by atoms with E-state index in [-0.39, 0.29) is 11.9 Å². The van der Waals surface area contributed by atoms with Gasteiger partial charge in [0.05, 0.1) is 17.7 Å². The van der Waals surface area contributed by atoms with Crippen LogP contribution in [-0.2, 0) is 6.54 Å². The minimum absolute atomic E-state index is 0.0450. The zero-order chi connectivity index (χ0) is 19.1. The van der Waals surface area contributed by atoms with Crippen molar-refractivity contribution >= 4 is 22.6 Å². The van der Waals surface area contributed by atoms with Crippen molar-refractivity contribution in [2.75, 3.05) is 24.7 Å². The van der Waals surface area contributed by atoms with Crippen LogP contribution in [0.25, 0.3) is 10.9 Å². The van der Waals surface area contributed by atoms with E-state index in [2.05, 4.69) is 5.32 Å². The molecule has 2 heterocycles. The topological polar surface area (TPSA) is 74.6 Å². The number of aromatic nitrogens is 1. The van der Waals surface area contributed by atoms with Gasteiger partial charge in [0.25, 0.3) is 0 Å².